The average molecular weight is 157 g/mol. The molecule has 0 heterocycles. The van der Waals surface area contributed by atoms with Crippen molar-refractivity contribution >= 4 is 28.4 Å². The molecule has 0 saturated heterocycles. The van der Waals surface area contributed by atoms with Crippen molar-refractivity contribution in [1.29, 1.82) is 0 Å². The molecule has 4 heteroatoms. The zero-order valence-electron chi connectivity index (χ0n) is 4.36. The van der Waals surface area contributed by atoms with Crippen LogP contribution >= 0.6 is 23.2 Å². The molecule has 0 aliphatic rings. The van der Waals surface area contributed by atoms with Crippen molar-refractivity contribution in [3.63, 3.8) is 0 Å². The summed E-state index contributed by atoms with van der Waals surface area (Å²) in [6, 6.07) is 0. The molecule has 0 N–H and O–H groups in total. The van der Waals surface area contributed by atoms with Gasteiger partial charge in [0.25, 0.3) is 5.24 Å². The Morgan fingerprint density at radius 1 is 1.88 bits per heavy atom. The molecule has 0 aromatic rings. The minimum Gasteiger partial charge on any atom is -0.354 e. The molecule has 0 rings (SSSR count). The van der Waals surface area contributed by atoms with E-state index in [0.717, 1.165) is 0 Å². The molecule has 2 nitrogen and oxygen atoms in total. The van der Waals surface area contributed by atoms with E-state index >= 15 is 0 Å². The van der Waals surface area contributed by atoms with E-state index in [4.69, 9.17) is 23.2 Å². The van der Waals surface area contributed by atoms with Crippen LogP contribution in [0.3, 0.4) is 0 Å². The van der Waals surface area contributed by atoms with Crippen molar-refractivity contribution in [1.82, 2.24) is 0 Å². The van der Waals surface area contributed by atoms with Gasteiger partial charge in [0.05, 0.1) is 0 Å². The summed E-state index contributed by atoms with van der Waals surface area (Å²) in [5.41, 5.74) is -0.985. The predicted molar refractivity (Wildman–Crippen MR) is 32.1 cm³/mol. The number of rotatable bonds is 3. The zero-order chi connectivity index (χ0) is 6.57. The molecule has 0 spiro atoms. The maximum absolute atomic E-state index is 10.0. The SMILES string of the molecule is CCOC(Cl)C(=O)Cl. The van der Waals surface area contributed by atoms with E-state index < -0.39 is 10.8 Å². The summed E-state index contributed by atoms with van der Waals surface area (Å²) in [4.78, 5) is 10.0. The highest BCUT2D eigenvalue weighted by atomic mass is 35.5. The summed E-state index contributed by atoms with van der Waals surface area (Å²) in [5, 5.41) is -0.673. The Hall–Kier alpha value is 0.210. The van der Waals surface area contributed by atoms with E-state index in [9.17, 15) is 4.79 Å². The Morgan fingerprint density at radius 2 is 2.38 bits per heavy atom. The fraction of sp³-hybridized carbons (Fsp3) is 0.750. The van der Waals surface area contributed by atoms with Crippen molar-refractivity contribution in [2.45, 2.75) is 12.5 Å². The van der Waals surface area contributed by atoms with Crippen molar-refractivity contribution in [3.8, 4) is 0 Å². The van der Waals surface area contributed by atoms with Crippen molar-refractivity contribution < 1.29 is 9.53 Å². The molecule has 1 unspecified atom stereocenters. The molecule has 0 aromatic heterocycles. The first-order valence-corrected chi connectivity index (χ1v) is 2.95. The van der Waals surface area contributed by atoms with Crippen molar-refractivity contribution in [2.75, 3.05) is 6.61 Å². The van der Waals surface area contributed by atoms with Crippen LogP contribution in [0.5, 0.6) is 0 Å². The van der Waals surface area contributed by atoms with Gasteiger partial charge in [0.15, 0.2) is 0 Å². The van der Waals surface area contributed by atoms with Crippen LogP contribution in [0.15, 0.2) is 0 Å². The predicted octanol–water partition coefficient (Wildman–Crippen LogP) is 1.35. The van der Waals surface area contributed by atoms with Gasteiger partial charge in [-0.2, -0.15) is 0 Å². The second-order valence-electron chi connectivity index (χ2n) is 1.08. The molecular weight excluding hydrogens is 151 g/mol. The molecule has 48 valence electrons. The summed E-state index contributed by atoms with van der Waals surface area (Å²) < 4.78 is 4.59. The van der Waals surface area contributed by atoms with Crippen molar-refractivity contribution in [3.05, 3.63) is 0 Å². The van der Waals surface area contributed by atoms with Gasteiger partial charge in [-0.05, 0) is 18.5 Å². The van der Waals surface area contributed by atoms with Crippen LogP contribution in [0, 0.1) is 0 Å². The van der Waals surface area contributed by atoms with Gasteiger partial charge in [-0.3, -0.25) is 4.79 Å². The number of ether oxygens (including phenoxy) is 1. The Balaban J connectivity index is 3.32. The third kappa shape index (κ3) is 3.24. The quantitative estimate of drug-likeness (QED) is 0.456. The number of carbonyl (C=O) groups excluding carboxylic acids is 1. The van der Waals surface area contributed by atoms with E-state index in [2.05, 4.69) is 4.74 Å². The highest BCUT2D eigenvalue weighted by Gasteiger charge is 2.09. The van der Waals surface area contributed by atoms with Gasteiger partial charge in [0.1, 0.15) is 0 Å². The zero-order valence-corrected chi connectivity index (χ0v) is 5.87. The number of hydrogen-bond donors (Lipinski definition) is 0. The Bertz CT molecular complexity index is 84.1. The van der Waals surface area contributed by atoms with Crippen LogP contribution in [0.25, 0.3) is 0 Å². The highest BCUT2D eigenvalue weighted by Crippen LogP contribution is 2.01. The molecule has 0 aliphatic carbocycles. The summed E-state index contributed by atoms with van der Waals surface area (Å²) in [7, 11) is 0. The van der Waals surface area contributed by atoms with Gasteiger partial charge in [-0.1, -0.05) is 11.6 Å². The summed E-state index contributed by atoms with van der Waals surface area (Å²) >= 11 is 10.1. The van der Waals surface area contributed by atoms with Gasteiger partial charge in [0, 0.05) is 6.61 Å². The van der Waals surface area contributed by atoms with Crippen LogP contribution in [0.2, 0.25) is 0 Å². The molecule has 1 atom stereocenters. The molecule has 0 radical (unpaired) electrons. The lowest BCUT2D eigenvalue weighted by Crippen LogP contribution is -2.11. The van der Waals surface area contributed by atoms with Crippen LogP contribution in [-0.2, 0) is 9.53 Å². The standard InChI is InChI=1S/C4H6Cl2O2/c1-2-8-4(6)3(5)7/h4H,2H2,1H3. The molecular formula is C4H6Cl2O2. The van der Waals surface area contributed by atoms with Gasteiger partial charge >= 0.3 is 0 Å². The van der Waals surface area contributed by atoms with Crippen LogP contribution in [0.4, 0.5) is 0 Å². The molecule has 0 aliphatic heterocycles. The third-order valence-corrected chi connectivity index (χ3v) is 1.13. The first-order valence-electron chi connectivity index (χ1n) is 2.13. The minimum absolute atomic E-state index is 0.395. The van der Waals surface area contributed by atoms with Crippen molar-refractivity contribution in [2.24, 2.45) is 0 Å². The summed E-state index contributed by atoms with van der Waals surface area (Å²) in [6.45, 7) is 2.13. The second-order valence-corrected chi connectivity index (χ2v) is 1.84. The Kier molecular flexibility index (Phi) is 4.23. The molecule has 0 fully saturated rings. The van der Waals surface area contributed by atoms with Crippen LogP contribution in [-0.4, -0.2) is 17.4 Å². The lowest BCUT2D eigenvalue weighted by Gasteiger charge is -2.00. The van der Waals surface area contributed by atoms with Crippen LogP contribution in [0.1, 0.15) is 6.92 Å². The van der Waals surface area contributed by atoms with E-state index in [1.54, 1.807) is 6.92 Å². The molecule has 8 heavy (non-hydrogen) atoms. The van der Waals surface area contributed by atoms with E-state index in [1.807, 2.05) is 0 Å². The second kappa shape index (κ2) is 4.13. The first kappa shape index (κ1) is 8.21. The fourth-order valence-corrected chi connectivity index (χ4v) is 0.401. The Labute approximate surface area is 57.7 Å². The lowest BCUT2D eigenvalue weighted by molar-refractivity contribution is -0.117. The maximum Gasteiger partial charge on any atom is 0.265 e. The summed E-state index contributed by atoms with van der Waals surface area (Å²) in [6.07, 6.45) is 0. The maximum atomic E-state index is 10.0. The normalized spacial score (nSPS) is 13.4. The van der Waals surface area contributed by atoms with E-state index in [-0.39, 0.29) is 0 Å². The smallest absolute Gasteiger partial charge is 0.265 e. The topological polar surface area (TPSA) is 26.3 Å². The number of alkyl halides is 1. The van der Waals surface area contributed by atoms with E-state index in [0.29, 0.717) is 6.61 Å². The van der Waals surface area contributed by atoms with Gasteiger partial charge in [0.2, 0.25) is 5.56 Å². The highest BCUT2D eigenvalue weighted by molar-refractivity contribution is 6.68. The molecule has 0 bridgehead atoms. The third-order valence-electron chi connectivity index (χ3n) is 0.491. The Morgan fingerprint density at radius 3 is 2.50 bits per heavy atom. The minimum atomic E-state index is -0.985. The molecule has 0 aromatic carbocycles. The molecule has 0 amide bonds. The number of carbonyl (C=O) groups is 1. The van der Waals surface area contributed by atoms with E-state index in [1.165, 1.54) is 0 Å². The monoisotopic (exact) mass is 156 g/mol. The van der Waals surface area contributed by atoms with Crippen LogP contribution < -0.4 is 0 Å². The lowest BCUT2D eigenvalue weighted by atomic mass is 10.8. The van der Waals surface area contributed by atoms with Gasteiger partial charge in [-0.15, -0.1) is 0 Å². The number of hydrogen-bond acceptors (Lipinski definition) is 2. The fourth-order valence-electron chi connectivity index (χ4n) is 0.212. The summed E-state index contributed by atoms with van der Waals surface area (Å²) in [5.74, 6) is 0. The van der Waals surface area contributed by atoms with Gasteiger partial charge < -0.3 is 4.74 Å². The average Bonchev–Trinajstić information content (AvgIpc) is 1.67. The largest absolute Gasteiger partial charge is 0.354 e. The first-order chi connectivity index (χ1) is 3.68. The molecule has 0 saturated carbocycles. The van der Waals surface area contributed by atoms with Gasteiger partial charge in [-0.25, -0.2) is 0 Å². The number of halogens is 2.